The SMILES string of the molecule is CC/C=C(\OC)C(=O)N1CCN(c2ccc(N)cc2)CC1. The maximum atomic E-state index is 12.3. The fourth-order valence-corrected chi connectivity index (χ4v) is 2.45. The van der Waals surface area contributed by atoms with Crippen molar-refractivity contribution >= 4 is 17.3 Å². The lowest BCUT2D eigenvalue weighted by Gasteiger charge is -2.36. The summed E-state index contributed by atoms with van der Waals surface area (Å²) in [6, 6.07) is 7.84. The molecule has 1 saturated heterocycles. The van der Waals surface area contributed by atoms with Crippen LogP contribution in [0.1, 0.15) is 13.3 Å². The van der Waals surface area contributed by atoms with Gasteiger partial charge in [-0.05, 0) is 36.8 Å². The number of piperazine rings is 1. The van der Waals surface area contributed by atoms with E-state index in [4.69, 9.17) is 10.5 Å². The zero-order valence-corrected chi connectivity index (χ0v) is 12.7. The Kier molecular flexibility index (Phi) is 5.09. The molecule has 0 radical (unpaired) electrons. The Bertz CT molecular complexity index is 503. The summed E-state index contributed by atoms with van der Waals surface area (Å²) in [5.41, 5.74) is 7.61. The number of nitrogens with two attached hydrogens (primary N) is 1. The van der Waals surface area contributed by atoms with Crippen LogP contribution < -0.4 is 10.6 Å². The van der Waals surface area contributed by atoms with Crippen molar-refractivity contribution in [3.8, 4) is 0 Å². The minimum absolute atomic E-state index is 0.0173. The number of anilines is 2. The second-order valence-electron chi connectivity index (χ2n) is 5.05. The van der Waals surface area contributed by atoms with Crippen LogP contribution in [-0.4, -0.2) is 44.1 Å². The van der Waals surface area contributed by atoms with Crippen LogP contribution in [0, 0.1) is 0 Å². The average Bonchev–Trinajstić information content (AvgIpc) is 2.53. The van der Waals surface area contributed by atoms with E-state index in [1.807, 2.05) is 42.2 Å². The highest BCUT2D eigenvalue weighted by molar-refractivity contribution is 5.91. The van der Waals surface area contributed by atoms with Crippen molar-refractivity contribution in [3.63, 3.8) is 0 Å². The predicted molar refractivity (Wildman–Crippen MR) is 85.0 cm³/mol. The Labute approximate surface area is 126 Å². The Balaban J connectivity index is 1.95. The molecule has 1 aliphatic heterocycles. The lowest BCUT2D eigenvalue weighted by molar-refractivity contribution is -0.130. The average molecular weight is 289 g/mol. The van der Waals surface area contributed by atoms with Gasteiger partial charge >= 0.3 is 0 Å². The standard InChI is InChI=1S/C16H23N3O2/c1-3-4-15(21-2)16(20)19-11-9-18(10-12-19)14-7-5-13(17)6-8-14/h4-8H,3,9-12,17H2,1-2H3/b15-4-. The van der Waals surface area contributed by atoms with Crippen LogP contribution in [0.3, 0.4) is 0 Å². The Morgan fingerprint density at radius 2 is 1.86 bits per heavy atom. The molecule has 0 bridgehead atoms. The first kappa shape index (κ1) is 15.2. The summed E-state index contributed by atoms with van der Waals surface area (Å²) >= 11 is 0. The third-order valence-corrected chi connectivity index (χ3v) is 3.65. The van der Waals surface area contributed by atoms with E-state index < -0.39 is 0 Å². The maximum Gasteiger partial charge on any atom is 0.288 e. The largest absolute Gasteiger partial charge is 0.491 e. The molecule has 0 spiro atoms. The molecule has 2 N–H and O–H groups in total. The van der Waals surface area contributed by atoms with Gasteiger partial charge in [0.05, 0.1) is 7.11 Å². The molecule has 0 atom stereocenters. The van der Waals surface area contributed by atoms with E-state index in [9.17, 15) is 4.79 Å². The van der Waals surface area contributed by atoms with Gasteiger partial charge in [0.15, 0.2) is 5.76 Å². The van der Waals surface area contributed by atoms with Crippen molar-refractivity contribution in [2.45, 2.75) is 13.3 Å². The third-order valence-electron chi connectivity index (χ3n) is 3.65. The number of amides is 1. The van der Waals surface area contributed by atoms with Crippen molar-refractivity contribution in [1.29, 1.82) is 0 Å². The van der Waals surface area contributed by atoms with E-state index in [-0.39, 0.29) is 5.91 Å². The van der Waals surface area contributed by atoms with Crippen molar-refractivity contribution in [3.05, 3.63) is 36.1 Å². The number of nitrogens with zero attached hydrogens (tertiary/aromatic N) is 2. The molecule has 0 aromatic heterocycles. The van der Waals surface area contributed by atoms with Gasteiger partial charge in [-0.15, -0.1) is 0 Å². The summed E-state index contributed by atoms with van der Waals surface area (Å²) in [5.74, 6) is 0.426. The van der Waals surface area contributed by atoms with Crippen LogP contribution in [-0.2, 0) is 9.53 Å². The van der Waals surface area contributed by atoms with Gasteiger partial charge in [0.1, 0.15) is 0 Å². The Morgan fingerprint density at radius 1 is 1.24 bits per heavy atom. The summed E-state index contributed by atoms with van der Waals surface area (Å²) in [7, 11) is 1.55. The maximum absolute atomic E-state index is 12.3. The van der Waals surface area contributed by atoms with E-state index in [1.54, 1.807) is 7.11 Å². The molecule has 1 aromatic rings. The second kappa shape index (κ2) is 7.02. The van der Waals surface area contributed by atoms with Crippen LogP contribution in [0.15, 0.2) is 36.1 Å². The van der Waals surface area contributed by atoms with Gasteiger partial charge in [-0.3, -0.25) is 4.79 Å². The van der Waals surface area contributed by atoms with E-state index in [0.717, 1.165) is 30.9 Å². The molecular formula is C16H23N3O2. The summed E-state index contributed by atoms with van der Waals surface area (Å²) < 4.78 is 5.17. The summed E-state index contributed by atoms with van der Waals surface area (Å²) in [6.07, 6.45) is 2.62. The molecule has 0 saturated carbocycles. The number of ether oxygens (including phenoxy) is 1. The minimum Gasteiger partial charge on any atom is -0.491 e. The predicted octanol–water partition coefficient (Wildman–Crippen LogP) is 1.86. The number of rotatable bonds is 4. The van der Waals surface area contributed by atoms with Gasteiger partial charge < -0.3 is 20.3 Å². The smallest absolute Gasteiger partial charge is 0.288 e. The lowest BCUT2D eigenvalue weighted by atomic mass is 10.2. The van der Waals surface area contributed by atoms with Crippen LogP contribution in [0.2, 0.25) is 0 Å². The van der Waals surface area contributed by atoms with Crippen molar-refractivity contribution in [2.75, 3.05) is 43.9 Å². The van der Waals surface area contributed by atoms with Gasteiger partial charge in [0, 0.05) is 37.6 Å². The molecule has 1 aromatic carbocycles. The fourth-order valence-electron chi connectivity index (χ4n) is 2.45. The van der Waals surface area contributed by atoms with Crippen LogP contribution >= 0.6 is 0 Å². The molecule has 0 unspecified atom stereocenters. The Hall–Kier alpha value is -2.17. The summed E-state index contributed by atoms with van der Waals surface area (Å²) in [6.45, 7) is 5.03. The van der Waals surface area contributed by atoms with Crippen LogP contribution in [0.5, 0.6) is 0 Å². The van der Waals surface area contributed by atoms with Gasteiger partial charge in [-0.25, -0.2) is 0 Å². The molecule has 1 amide bonds. The van der Waals surface area contributed by atoms with Crippen molar-refractivity contribution in [2.24, 2.45) is 0 Å². The molecular weight excluding hydrogens is 266 g/mol. The molecule has 2 rings (SSSR count). The van der Waals surface area contributed by atoms with E-state index in [1.165, 1.54) is 0 Å². The zero-order chi connectivity index (χ0) is 15.2. The topological polar surface area (TPSA) is 58.8 Å². The summed E-state index contributed by atoms with van der Waals surface area (Å²) in [4.78, 5) is 16.4. The van der Waals surface area contributed by atoms with Gasteiger partial charge in [-0.1, -0.05) is 6.92 Å². The number of hydrogen-bond donors (Lipinski definition) is 1. The highest BCUT2D eigenvalue weighted by atomic mass is 16.5. The number of carbonyl (C=O) groups is 1. The van der Waals surface area contributed by atoms with Crippen LogP contribution in [0.4, 0.5) is 11.4 Å². The fraction of sp³-hybridized carbons (Fsp3) is 0.438. The summed E-state index contributed by atoms with van der Waals surface area (Å²) in [5, 5.41) is 0. The van der Waals surface area contributed by atoms with Gasteiger partial charge in [0.25, 0.3) is 5.91 Å². The third kappa shape index (κ3) is 3.68. The number of hydrogen-bond acceptors (Lipinski definition) is 4. The first-order chi connectivity index (χ1) is 10.2. The van der Waals surface area contributed by atoms with E-state index >= 15 is 0 Å². The van der Waals surface area contributed by atoms with Gasteiger partial charge in [0.2, 0.25) is 0 Å². The Morgan fingerprint density at radius 3 is 2.38 bits per heavy atom. The minimum atomic E-state index is -0.0173. The molecule has 21 heavy (non-hydrogen) atoms. The van der Waals surface area contributed by atoms with Gasteiger partial charge in [-0.2, -0.15) is 0 Å². The molecule has 1 aliphatic rings. The first-order valence-electron chi connectivity index (χ1n) is 7.29. The number of carbonyl (C=O) groups excluding carboxylic acids is 1. The molecule has 5 nitrogen and oxygen atoms in total. The number of nitrogen functional groups attached to an aromatic ring is 1. The van der Waals surface area contributed by atoms with Crippen molar-refractivity contribution < 1.29 is 9.53 Å². The lowest BCUT2D eigenvalue weighted by Crippen LogP contribution is -2.49. The quantitative estimate of drug-likeness (QED) is 0.522. The molecule has 1 fully saturated rings. The first-order valence-corrected chi connectivity index (χ1v) is 7.29. The monoisotopic (exact) mass is 289 g/mol. The zero-order valence-electron chi connectivity index (χ0n) is 12.7. The number of methoxy groups -OCH3 is 1. The number of benzene rings is 1. The molecule has 0 aliphatic carbocycles. The highest BCUT2D eigenvalue weighted by Gasteiger charge is 2.24. The molecule has 5 heteroatoms. The van der Waals surface area contributed by atoms with E-state index in [2.05, 4.69) is 4.90 Å². The molecule has 1 heterocycles. The second-order valence-corrected chi connectivity index (χ2v) is 5.05. The van der Waals surface area contributed by atoms with E-state index in [0.29, 0.717) is 18.8 Å². The molecule has 114 valence electrons. The normalized spacial score (nSPS) is 16.0. The number of allylic oxidation sites excluding steroid dienone is 1. The van der Waals surface area contributed by atoms with Crippen LogP contribution in [0.25, 0.3) is 0 Å². The highest BCUT2D eigenvalue weighted by Crippen LogP contribution is 2.18. The van der Waals surface area contributed by atoms with Crippen molar-refractivity contribution in [1.82, 2.24) is 4.90 Å².